The Balaban J connectivity index is 1.74. The lowest BCUT2D eigenvalue weighted by molar-refractivity contribution is -0.385. The molecule has 0 spiro atoms. The molecule has 0 unspecified atom stereocenters. The summed E-state index contributed by atoms with van der Waals surface area (Å²) < 4.78 is 19.3. The van der Waals surface area contributed by atoms with E-state index < -0.39 is 4.92 Å². The number of hydrogen-bond acceptors (Lipinski definition) is 4. The Morgan fingerprint density at radius 2 is 1.82 bits per heavy atom. The van der Waals surface area contributed by atoms with Crippen LogP contribution in [0.3, 0.4) is 0 Å². The van der Waals surface area contributed by atoms with Crippen LogP contribution in [0.4, 0.5) is 10.1 Å². The second-order valence-corrected chi connectivity index (χ2v) is 6.58. The smallest absolute Gasteiger partial charge is 0.312 e. The molecule has 28 heavy (non-hydrogen) atoms. The summed E-state index contributed by atoms with van der Waals surface area (Å²) in [7, 11) is 0. The van der Waals surface area contributed by atoms with Crippen LogP contribution in [0.15, 0.2) is 60.7 Å². The van der Waals surface area contributed by atoms with E-state index in [4.69, 9.17) is 16.3 Å². The van der Waals surface area contributed by atoms with E-state index in [1.54, 1.807) is 36.4 Å². The van der Waals surface area contributed by atoms with Crippen LogP contribution in [-0.4, -0.2) is 17.3 Å². The molecule has 3 aromatic carbocycles. The van der Waals surface area contributed by atoms with Gasteiger partial charge >= 0.3 is 5.69 Å². The lowest BCUT2D eigenvalue weighted by Crippen LogP contribution is -2.12. The van der Waals surface area contributed by atoms with Gasteiger partial charge in [0.25, 0.3) is 0 Å². The number of nitro benzene ring substituents is 1. The molecule has 3 aromatic rings. The Kier molecular flexibility index (Phi) is 5.70. The van der Waals surface area contributed by atoms with Crippen LogP contribution in [0.5, 0.6) is 5.75 Å². The third-order valence-corrected chi connectivity index (χ3v) is 4.35. The van der Waals surface area contributed by atoms with E-state index in [0.29, 0.717) is 16.7 Å². The monoisotopic (exact) mass is 399 g/mol. The zero-order chi connectivity index (χ0) is 20.3. The van der Waals surface area contributed by atoms with Crippen molar-refractivity contribution in [3.8, 4) is 16.9 Å². The summed E-state index contributed by atoms with van der Waals surface area (Å²) in [5, 5.41) is 11.3. The molecule has 0 heterocycles. The van der Waals surface area contributed by atoms with Crippen molar-refractivity contribution in [3.05, 3.63) is 92.7 Å². The van der Waals surface area contributed by atoms with Crippen molar-refractivity contribution >= 4 is 23.1 Å². The van der Waals surface area contributed by atoms with Crippen molar-refractivity contribution in [2.75, 3.05) is 6.61 Å². The number of Topliss-reactive ketones (excluding diaryl/α,β-unsaturated/α-hetero) is 1. The molecule has 142 valence electrons. The summed E-state index contributed by atoms with van der Waals surface area (Å²) in [5.74, 6) is -0.746. The Morgan fingerprint density at radius 1 is 1.11 bits per heavy atom. The molecule has 0 bridgehead atoms. The Morgan fingerprint density at radius 3 is 2.50 bits per heavy atom. The van der Waals surface area contributed by atoms with Crippen LogP contribution >= 0.6 is 11.6 Å². The third kappa shape index (κ3) is 4.35. The fourth-order valence-electron chi connectivity index (χ4n) is 2.68. The van der Waals surface area contributed by atoms with E-state index in [2.05, 4.69) is 0 Å². The third-order valence-electron chi connectivity index (χ3n) is 4.12. The van der Waals surface area contributed by atoms with Crippen LogP contribution in [-0.2, 0) is 0 Å². The molecule has 0 saturated carbocycles. The molecule has 0 aromatic heterocycles. The van der Waals surface area contributed by atoms with Gasteiger partial charge in [-0.25, -0.2) is 4.39 Å². The van der Waals surface area contributed by atoms with E-state index in [0.717, 1.165) is 11.6 Å². The molecule has 5 nitrogen and oxygen atoms in total. The highest BCUT2D eigenvalue weighted by atomic mass is 35.5. The summed E-state index contributed by atoms with van der Waals surface area (Å²) in [6, 6.07) is 15.2. The van der Waals surface area contributed by atoms with Crippen molar-refractivity contribution in [2.45, 2.75) is 6.92 Å². The van der Waals surface area contributed by atoms with Gasteiger partial charge < -0.3 is 4.74 Å². The molecule has 0 amide bonds. The zero-order valence-corrected chi connectivity index (χ0v) is 15.6. The molecule has 0 saturated heterocycles. The van der Waals surface area contributed by atoms with Crippen molar-refractivity contribution in [3.63, 3.8) is 0 Å². The van der Waals surface area contributed by atoms with Crippen LogP contribution in [0.1, 0.15) is 15.9 Å². The molecular weight excluding hydrogens is 385 g/mol. The molecule has 0 aliphatic carbocycles. The second kappa shape index (κ2) is 8.19. The van der Waals surface area contributed by atoms with Crippen molar-refractivity contribution in [1.29, 1.82) is 0 Å². The molecular formula is C21H15ClFNO4. The molecule has 0 aliphatic heterocycles. The Hall–Kier alpha value is -3.25. The molecule has 0 radical (unpaired) electrons. The second-order valence-electron chi connectivity index (χ2n) is 6.14. The van der Waals surface area contributed by atoms with Crippen molar-refractivity contribution < 1.29 is 18.8 Å². The largest absolute Gasteiger partial charge is 0.478 e. The molecule has 3 rings (SSSR count). The first-order chi connectivity index (χ1) is 13.3. The number of nitro groups is 1. The van der Waals surface area contributed by atoms with E-state index in [1.165, 1.54) is 18.2 Å². The Labute approximate surface area is 165 Å². The highest BCUT2D eigenvalue weighted by Crippen LogP contribution is 2.30. The highest BCUT2D eigenvalue weighted by molar-refractivity contribution is 6.30. The zero-order valence-electron chi connectivity index (χ0n) is 14.8. The number of hydrogen-bond donors (Lipinski definition) is 0. The summed E-state index contributed by atoms with van der Waals surface area (Å²) >= 11 is 5.75. The standard InChI is InChI=1S/C21H15ClFNO4/c1-13-2-8-18(23)17(10-13)14-3-5-15(6-4-14)20(25)12-28-21-9-7-16(22)11-19(21)24(26)27/h2-11H,12H2,1H3. The minimum Gasteiger partial charge on any atom is -0.478 e. The number of benzene rings is 3. The quantitative estimate of drug-likeness (QED) is 0.306. The molecule has 0 fully saturated rings. The number of carbonyl (C=O) groups excluding carboxylic acids is 1. The minimum absolute atomic E-state index is 0.0406. The predicted molar refractivity (Wildman–Crippen MR) is 105 cm³/mol. The van der Waals surface area contributed by atoms with Crippen LogP contribution in [0.25, 0.3) is 11.1 Å². The van der Waals surface area contributed by atoms with Gasteiger partial charge in [0.05, 0.1) is 4.92 Å². The fraction of sp³-hybridized carbons (Fsp3) is 0.0952. The SMILES string of the molecule is Cc1ccc(F)c(-c2ccc(C(=O)COc3ccc(Cl)cc3[N+](=O)[O-])cc2)c1. The number of ether oxygens (including phenoxy) is 1. The average molecular weight is 400 g/mol. The normalized spacial score (nSPS) is 10.5. The van der Waals surface area contributed by atoms with Crippen molar-refractivity contribution in [1.82, 2.24) is 0 Å². The summed E-state index contributed by atoms with van der Waals surface area (Å²) in [4.78, 5) is 22.8. The average Bonchev–Trinajstić information content (AvgIpc) is 2.68. The first-order valence-electron chi connectivity index (χ1n) is 8.31. The number of nitrogens with zero attached hydrogens (tertiary/aromatic N) is 1. The molecule has 0 N–H and O–H groups in total. The van der Waals surface area contributed by atoms with Gasteiger partial charge in [0, 0.05) is 22.2 Å². The van der Waals surface area contributed by atoms with Gasteiger partial charge in [-0.15, -0.1) is 0 Å². The number of ketones is 1. The van der Waals surface area contributed by atoms with Gasteiger partial charge in [-0.1, -0.05) is 47.5 Å². The van der Waals surface area contributed by atoms with E-state index in [1.807, 2.05) is 6.92 Å². The topological polar surface area (TPSA) is 69.4 Å². The summed E-state index contributed by atoms with van der Waals surface area (Å²) in [6.07, 6.45) is 0. The number of carbonyl (C=O) groups is 1. The number of rotatable bonds is 6. The van der Waals surface area contributed by atoms with Gasteiger partial charge in [0.15, 0.2) is 18.1 Å². The lowest BCUT2D eigenvalue weighted by atomic mass is 10.0. The first kappa shape index (κ1) is 19.5. The fourth-order valence-corrected chi connectivity index (χ4v) is 2.84. The van der Waals surface area contributed by atoms with Gasteiger partial charge in [0.2, 0.25) is 0 Å². The first-order valence-corrected chi connectivity index (χ1v) is 8.69. The van der Waals surface area contributed by atoms with E-state index >= 15 is 0 Å². The van der Waals surface area contributed by atoms with E-state index in [-0.39, 0.29) is 34.7 Å². The maximum absolute atomic E-state index is 14.0. The van der Waals surface area contributed by atoms with Gasteiger partial charge in [-0.05, 0) is 36.8 Å². The molecule has 0 atom stereocenters. The van der Waals surface area contributed by atoms with Gasteiger partial charge in [-0.2, -0.15) is 0 Å². The maximum Gasteiger partial charge on any atom is 0.312 e. The number of aryl methyl sites for hydroxylation is 1. The van der Waals surface area contributed by atoms with Crippen LogP contribution < -0.4 is 4.74 Å². The predicted octanol–water partition coefficient (Wildman–Crippen LogP) is 5.62. The summed E-state index contributed by atoms with van der Waals surface area (Å²) in [5.41, 5.74) is 2.06. The van der Waals surface area contributed by atoms with Gasteiger partial charge in [0.1, 0.15) is 5.82 Å². The molecule has 0 aliphatic rings. The maximum atomic E-state index is 14.0. The highest BCUT2D eigenvalue weighted by Gasteiger charge is 2.17. The molecule has 7 heteroatoms. The van der Waals surface area contributed by atoms with Crippen molar-refractivity contribution in [2.24, 2.45) is 0 Å². The number of halogens is 2. The van der Waals surface area contributed by atoms with Gasteiger partial charge in [-0.3, -0.25) is 14.9 Å². The van der Waals surface area contributed by atoms with Crippen LogP contribution in [0.2, 0.25) is 5.02 Å². The summed E-state index contributed by atoms with van der Waals surface area (Å²) in [6.45, 7) is 1.49. The lowest BCUT2D eigenvalue weighted by Gasteiger charge is -2.08. The van der Waals surface area contributed by atoms with Crippen LogP contribution in [0, 0.1) is 22.9 Å². The minimum atomic E-state index is -0.628. The van der Waals surface area contributed by atoms with E-state index in [9.17, 15) is 19.3 Å². The Bertz CT molecular complexity index is 1050.